The van der Waals surface area contributed by atoms with Crippen molar-refractivity contribution in [2.45, 2.75) is 38.6 Å². The number of rotatable bonds is 4. The van der Waals surface area contributed by atoms with E-state index in [2.05, 4.69) is 21.7 Å². The first-order valence-corrected chi connectivity index (χ1v) is 6.29. The Morgan fingerprint density at radius 3 is 3.00 bits per heavy atom. The van der Waals surface area contributed by atoms with Gasteiger partial charge in [0.05, 0.1) is 6.61 Å². The van der Waals surface area contributed by atoms with E-state index in [0.29, 0.717) is 23.2 Å². The molecule has 0 spiro atoms. The van der Waals surface area contributed by atoms with Crippen LogP contribution in [0.4, 0.5) is 0 Å². The van der Waals surface area contributed by atoms with Gasteiger partial charge >= 0.3 is 0 Å². The molecule has 2 atom stereocenters. The molecule has 5 heteroatoms. The molecule has 0 radical (unpaired) electrons. The predicted octanol–water partition coefficient (Wildman–Crippen LogP) is 2.49. The molecular formula is C11H19N3OS. The van der Waals surface area contributed by atoms with Crippen molar-refractivity contribution < 1.29 is 4.74 Å². The number of aromatic nitrogens is 3. The maximum absolute atomic E-state index is 5.25. The monoisotopic (exact) mass is 241 g/mol. The highest BCUT2D eigenvalue weighted by Crippen LogP contribution is 2.38. The van der Waals surface area contributed by atoms with E-state index in [0.717, 1.165) is 12.4 Å². The minimum Gasteiger partial charge on any atom is -0.383 e. The molecule has 1 aromatic heterocycles. The third kappa shape index (κ3) is 2.20. The zero-order valence-corrected chi connectivity index (χ0v) is 10.7. The second-order valence-electron chi connectivity index (χ2n) is 4.55. The lowest BCUT2D eigenvalue weighted by Gasteiger charge is -2.15. The van der Waals surface area contributed by atoms with Crippen LogP contribution in [0.5, 0.6) is 0 Å². The molecule has 1 fully saturated rings. The molecule has 0 aromatic carbocycles. The van der Waals surface area contributed by atoms with Crippen molar-refractivity contribution in [2.24, 2.45) is 5.92 Å². The quantitative estimate of drug-likeness (QED) is 0.824. The third-order valence-electron chi connectivity index (χ3n) is 3.50. The largest absolute Gasteiger partial charge is 0.383 e. The summed E-state index contributed by atoms with van der Waals surface area (Å²) < 4.78 is 7.91. The summed E-state index contributed by atoms with van der Waals surface area (Å²) in [4.78, 5) is 0. The van der Waals surface area contributed by atoms with Crippen LogP contribution in [0.15, 0.2) is 0 Å². The van der Waals surface area contributed by atoms with E-state index < -0.39 is 0 Å². The average Bonchev–Trinajstić information content (AvgIpc) is 2.82. The topological polar surface area (TPSA) is 42.8 Å². The summed E-state index contributed by atoms with van der Waals surface area (Å²) in [5.74, 6) is 2.39. The van der Waals surface area contributed by atoms with Crippen LogP contribution in [0.3, 0.4) is 0 Å². The number of ether oxygens (including phenoxy) is 1. The Kier molecular flexibility index (Phi) is 3.76. The zero-order valence-electron chi connectivity index (χ0n) is 9.90. The Labute approximate surface area is 101 Å². The smallest absolute Gasteiger partial charge is 0.195 e. The van der Waals surface area contributed by atoms with Gasteiger partial charge in [-0.05, 0) is 31.0 Å². The molecule has 2 unspecified atom stereocenters. The summed E-state index contributed by atoms with van der Waals surface area (Å²) in [7, 11) is 1.71. The van der Waals surface area contributed by atoms with Crippen molar-refractivity contribution in [3.8, 4) is 0 Å². The molecule has 1 aliphatic carbocycles. The van der Waals surface area contributed by atoms with Gasteiger partial charge < -0.3 is 9.30 Å². The van der Waals surface area contributed by atoms with Crippen LogP contribution >= 0.6 is 12.2 Å². The molecule has 1 N–H and O–H groups in total. The Morgan fingerprint density at radius 2 is 2.38 bits per heavy atom. The maximum Gasteiger partial charge on any atom is 0.195 e. The standard InChI is InChI=1S/C11H19N3OS/c1-8-4-3-5-9(8)10-12-13-11(16)14(10)6-7-15-2/h8-9H,3-7H2,1-2H3,(H,13,16). The minimum atomic E-state index is 0.560. The average molecular weight is 241 g/mol. The Balaban J connectivity index is 2.23. The summed E-state index contributed by atoms with van der Waals surface area (Å²) in [5.41, 5.74) is 0. The van der Waals surface area contributed by atoms with Gasteiger partial charge in [-0.25, -0.2) is 0 Å². The van der Waals surface area contributed by atoms with Crippen molar-refractivity contribution in [3.63, 3.8) is 0 Å². The van der Waals surface area contributed by atoms with E-state index in [1.165, 1.54) is 19.3 Å². The first-order chi connectivity index (χ1) is 7.74. The van der Waals surface area contributed by atoms with Crippen molar-refractivity contribution in [1.82, 2.24) is 14.8 Å². The number of nitrogens with zero attached hydrogens (tertiary/aromatic N) is 2. The fraction of sp³-hybridized carbons (Fsp3) is 0.818. The molecule has 0 bridgehead atoms. The maximum atomic E-state index is 5.25. The second-order valence-corrected chi connectivity index (χ2v) is 4.93. The minimum absolute atomic E-state index is 0.560. The van der Waals surface area contributed by atoms with Gasteiger partial charge in [0, 0.05) is 19.6 Å². The van der Waals surface area contributed by atoms with Crippen LogP contribution in [0.25, 0.3) is 0 Å². The van der Waals surface area contributed by atoms with Crippen LogP contribution in [0.2, 0.25) is 0 Å². The molecule has 1 heterocycles. The predicted molar refractivity (Wildman–Crippen MR) is 65.0 cm³/mol. The Bertz CT molecular complexity index is 398. The third-order valence-corrected chi connectivity index (χ3v) is 3.81. The molecule has 4 nitrogen and oxygen atoms in total. The summed E-state index contributed by atoms with van der Waals surface area (Å²) >= 11 is 5.25. The highest BCUT2D eigenvalue weighted by Gasteiger charge is 2.28. The summed E-state index contributed by atoms with van der Waals surface area (Å²) in [6.45, 7) is 3.78. The van der Waals surface area contributed by atoms with Crippen LogP contribution in [0, 0.1) is 10.7 Å². The van der Waals surface area contributed by atoms with Crippen LogP contribution in [-0.4, -0.2) is 28.5 Å². The molecule has 2 rings (SSSR count). The normalized spacial score (nSPS) is 25.1. The van der Waals surface area contributed by atoms with Gasteiger partial charge in [-0.1, -0.05) is 13.3 Å². The first kappa shape index (κ1) is 11.8. The van der Waals surface area contributed by atoms with E-state index in [4.69, 9.17) is 17.0 Å². The molecule has 1 aromatic rings. The first-order valence-electron chi connectivity index (χ1n) is 5.88. The van der Waals surface area contributed by atoms with E-state index in [-0.39, 0.29) is 0 Å². The van der Waals surface area contributed by atoms with Gasteiger partial charge in [0.2, 0.25) is 0 Å². The van der Waals surface area contributed by atoms with Gasteiger partial charge in [-0.15, -0.1) is 0 Å². The fourth-order valence-corrected chi connectivity index (χ4v) is 2.77. The lowest BCUT2D eigenvalue weighted by Crippen LogP contribution is -2.14. The SMILES string of the molecule is COCCn1c(C2CCCC2C)n[nH]c1=S. The van der Waals surface area contributed by atoms with Crippen LogP contribution in [-0.2, 0) is 11.3 Å². The highest BCUT2D eigenvalue weighted by atomic mass is 32.1. The number of methoxy groups -OCH3 is 1. The van der Waals surface area contributed by atoms with E-state index in [1.807, 2.05) is 0 Å². The summed E-state index contributed by atoms with van der Waals surface area (Å²) in [5, 5.41) is 7.30. The van der Waals surface area contributed by atoms with E-state index in [1.54, 1.807) is 7.11 Å². The number of hydrogen-bond acceptors (Lipinski definition) is 3. The second kappa shape index (κ2) is 5.10. The lowest BCUT2D eigenvalue weighted by molar-refractivity contribution is 0.185. The number of hydrogen-bond donors (Lipinski definition) is 1. The van der Waals surface area contributed by atoms with Crippen molar-refractivity contribution in [2.75, 3.05) is 13.7 Å². The summed E-state index contributed by atoms with van der Waals surface area (Å²) in [6.07, 6.45) is 3.83. The molecule has 1 aliphatic rings. The van der Waals surface area contributed by atoms with Crippen molar-refractivity contribution in [1.29, 1.82) is 0 Å². The van der Waals surface area contributed by atoms with Gasteiger partial charge in [0.1, 0.15) is 5.82 Å². The molecule has 0 saturated heterocycles. The molecule has 90 valence electrons. The molecule has 0 aliphatic heterocycles. The lowest BCUT2D eigenvalue weighted by atomic mass is 9.97. The number of H-pyrrole nitrogens is 1. The van der Waals surface area contributed by atoms with Gasteiger partial charge in [0.25, 0.3) is 0 Å². The molecule has 0 amide bonds. The van der Waals surface area contributed by atoms with Crippen LogP contribution in [0.1, 0.15) is 37.9 Å². The van der Waals surface area contributed by atoms with E-state index >= 15 is 0 Å². The van der Waals surface area contributed by atoms with E-state index in [9.17, 15) is 0 Å². The van der Waals surface area contributed by atoms with Crippen LogP contribution < -0.4 is 0 Å². The van der Waals surface area contributed by atoms with Crippen molar-refractivity contribution >= 4 is 12.2 Å². The summed E-state index contributed by atoms with van der Waals surface area (Å²) in [6, 6.07) is 0. The number of nitrogens with one attached hydrogen (secondary N) is 1. The van der Waals surface area contributed by atoms with Crippen molar-refractivity contribution in [3.05, 3.63) is 10.6 Å². The van der Waals surface area contributed by atoms with Gasteiger partial charge in [0.15, 0.2) is 4.77 Å². The Morgan fingerprint density at radius 1 is 1.56 bits per heavy atom. The fourth-order valence-electron chi connectivity index (χ4n) is 2.54. The Hall–Kier alpha value is -0.680. The number of aromatic amines is 1. The zero-order chi connectivity index (χ0) is 11.5. The molecular weight excluding hydrogens is 222 g/mol. The molecule has 1 saturated carbocycles. The van der Waals surface area contributed by atoms with Gasteiger partial charge in [-0.2, -0.15) is 5.10 Å². The van der Waals surface area contributed by atoms with Gasteiger partial charge in [-0.3, -0.25) is 5.10 Å². The molecule has 16 heavy (non-hydrogen) atoms. The highest BCUT2D eigenvalue weighted by molar-refractivity contribution is 7.71.